The van der Waals surface area contributed by atoms with Gasteiger partial charge in [0.25, 0.3) is 0 Å². The Kier molecular flexibility index (Phi) is 6.40. The minimum atomic E-state index is -3.71. The van der Waals surface area contributed by atoms with Gasteiger partial charge < -0.3 is 5.11 Å². The Morgan fingerprint density at radius 2 is 1.67 bits per heavy atom. The molecule has 0 aromatic heterocycles. The number of hydrogen-bond donors (Lipinski definition) is 2. The zero-order valence-electron chi connectivity index (χ0n) is 13.7. The third-order valence-corrected chi connectivity index (χ3v) is 5.88. The van der Waals surface area contributed by atoms with Crippen molar-refractivity contribution in [3.63, 3.8) is 0 Å². The Balaban J connectivity index is 2.30. The van der Waals surface area contributed by atoms with E-state index in [1.165, 1.54) is 12.1 Å². The van der Waals surface area contributed by atoms with Gasteiger partial charge in [-0.3, -0.25) is 0 Å². The summed E-state index contributed by atoms with van der Waals surface area (Å²) >= 11 is 5.88. The molecule has 0 saturated carbocycles. The average Bonchev–Trinajstić information content (AvgIpc) is 2.60. The second-order valence-corrected chi connectivity index (χ2v) is 7.99. The van der Waals surface area contributed by atoms with Gasteiger partial charge in [-0.25, -0.2) is 13.1 Å². The van der Waals surface area contributed by atoms with Gasteiger partial charge in [0.15, 0.2) is 0 Å². The van der Waals surface area contributed by atoms with Crippen molar-refractivity contribution < 1.29 is 13.5 Å². The van der Waals surface area contributed by atoms with Gasteiger partial charge in [-0.2, -0.15) is 0 Å². The van der Waals surface area contributed by atoms with E-state index in [1.54, 1.807) is 42.5 Å². The minimum Gasteiger partial charge on any atom is -0.387 e. The molecule has 2 rings (SSSR count). The van der Waals surface area contributed by atoms with Crippen molar-refractivity contribution in [3.8, 4) is 0 Å². The van der Waals surface area contributed by atoms with Gasteiger partial charge >= 0.3 is 0 Å². The largest absolute Gasteiger partial charge is 0.387 e. The molecular weight excluding hydrogens is 346 g/mol. The molecule has 0 aliphatic carbocycles. The fourth-order valence-electron chi connectivity index (χ4n) is 2.46. The van der Waals surface area contributed by atoms with Gasteiger partial charge in [0.1, 0.15) is 0 Å². The zero-order valence-corrected chi connectivity index (χ0v) is 15.3. The molecule has 0 heterocycles. The highest BCUT2D eigenvalue weighted by Gasteiger charge is 2.30. The lowest BCUT2D eigenvalue weighted by atomic mass is 9.91. The van der Waals surface area contributed by atoms with E-state index in [2.05, 4.69) is 4.72 Å². The Labute approximate surface area is 148 Å². The van der Waals surface area contributed by atoms with Crippen LogP contribution in [0.2, 0.25) is 5.02 Å². The molecule has 0 aliphatic heterocycles. The number of sulfonamides is 1. The summed E-state index contributed by atoms with van der Waals surface area (Å²) in [4.78, 5) is 0.182. The highest BCUT2D eigenvalue weighted by molar-refractivity contribution is 7.89. The summed E-state index contributed by atoms with van der Waals surface area (Å²) in [5.74, 6) is -0.0471. The first-order chi connectivity index (χ1) is 11.3. The standard InChI is InChI=1S/C18H22ClNO3S/c1-3-13(2)17(18(21)14-9-11-15(19)12-10-14)20-24(22,23)16-7-5-4-6-8-16/h4-13,17-18,20-21H,3H2,1-2H3/t13-,17-,18?/m0/s1. The predicted octanol–water partition coefficient (Wildman–Crippen LogP) is 3.77. The molecule has 0 radical (unpaired) electrons. The average molecular weight is 368 g/mol. The van der Waals surface area contributed by atoms with E-state index in [9.17, 15) is 13.5 Å². The fourth-order valence-corrected chi connectivity index (χ4v) is 3.96. The van der Waals surface area contributed by atoms with Crippen molar-refractivity contribution in [1.29, 1.82) is 0 Å². The van der Waals surface area contributed by atoms with Crippen LogP contribution in [0.15, 0.2) is 59.5 Å². The molecule has 2 aromatic carbocycles. The lowest BCUT2D eigenvalue weighted by molar-refractivity contribution is 0.112. The molecule has 24 heavy (non-hydrogen) atoms. The minimum absolute atomic E-state index is 0.0471. The SMILES string of the molecule is CC[C@H](C)[C@H](NS(=O)(=O)c1ccccc1)C(O)c1ccc(Cl)cc1. The van der Waals surface area contributed by atoms with Crippen LogP contribution < -0.4 is 4.72 Å². The third kappa shape index (κ3) is 4.57. The molecule has 0 saturated heterocycles. The van der Waals surface area contributed by atoms with Crippen molar-refractivity contribution >= 4 is 21.6 Å². The Hall–Kier alpha value is -1.40. The second kappa shape index (κ2) is 8.12. The number of benzene rings is 2. The number of aliphatic hydroxyl groups excluding tert-OH is 1. The zero-order chi connectivity index (χ0) is 17.7. The van der Waals surface area contributed by atoms with Crippen LogP contribution in [-0.2, 0) is 10.0 Å². The summed E-state index contributed by atoms with van der Waals surface area (Å²) in [6.07, 6.45) is -0.234. The Morgan fingerprint density at radius 1 is 1.08 bits per heavy atom. The third-order valence-electron chi connectivity index (χ3n) is 4.15. The highest BCUT2D eigenvalue weighted by Crippen LogP contribution is 2.26. The van der Waals surface area contributed by atoms with Crippen LogP contribution in [-0.4, -0.2) is 19.6 Å². The number of rotatable bonds is 7. The van der Waals surface area contributed by atoms with E-state index < -0.39 is 22.2 Å². The molecule has 4 nitrogen and oxygen atoms in total. The van der Waals surface area contributed by atoms with E-state index >= 15 is 0 Å². The lowest BCUT2D eigenvalue weighted by Crippen LogP contribution is -2.43. The predicted molar refractivity (Wildman–Crippen MR) is 96.4 cm³/mol. The van der Waals surface area contributed by atoms with E-state index in [4.69, 9.17) is 11.6 Å². The molecule has 1 unspecified atom stereocenters. The van der Waals surface area contributed by atoms with Crippen molar-refractivity contribution in [3.05, 3.63) is 65.2 Å². The molecule has 0 spiro atoms. The van der Waals surface area contributed by atoms with Gasteiger partial charge in [-0.05, 0) is 35.7 Å². The number of halogens is 1. The van der Waals surface area contributed by atoms with E-state index in [1.807, 2.05) is 13.8 Å². The van der Waals surface area contributed by atoms with Crippen LogP contribution in [0.5, 0.6) is 0 Å². The molecular formula is C18H22ClNO3S. The molecule has 2 N–H and O–H groups in total. The van der Waals surface area contributed by atoms with Gasteiger partial charge in [-0.15, -0.1) is 0 Å². The van der Waals surface area contributed by atoms with E-state index in [0.717, 1.165) is 6.42 Å². The smallest absolute Gasteiger partial charge is 0.240 e. The summed E-state index contributed by atoms with van der Waals surface area (Å²) < 4.78 is 27.9. The van der Waals surface area contributed by atoms with Crippen LogP contribution in [0.3, 0.4) is 0 Å². The van der Waals surface area contributed by atoms with Crippen molar-refractivity contribution in [2.45, 2.75) is 37.3 Å². The van der Waals surface area contributed by atoms with Crippen LogP contribution >= 0.6 is 11.6 Å². The summed E-state index contributed by atoms with van der Waals surface area (Å²) in [7, 11) is -3.71. The van der Waals surface area contributed by atoms with Gasteiger partial charge in [0.05, 0.1) is 17.0 Å². The molecule has 0 bridgehead atoms. The molecule has 6 heteroatoms. The Bertz CT molecular complexity index is 748. The molecule has 0 amide bonds. The maximum Gasteiger partial charge on any atom is 0.240 e. The van der Waals surface area contributed by atoms with Crippen LogP contribution in [0.1, 0.15) is 31.9 Å². The van der Waals surface area contributed by atoms with Crippen molar-refractivity contribution in [2.75, 3.05) is 0 Å². The summed E-state index contributed by atoms with van der Waals surface area (Å²) in [5.41, 5.74) is 0.625. The quantitative estimate of drug-likeness (QED) is 0.782. The van der Waals surface area contributed by atoms with Crippen molar-refractivity contribution in [1.82, 2.24) is 4.72 Å². The first kappa shape index (κ1) is 18.9. The molecule has 3 atom stereocenters. The first-order valence-corrected chi connectivity index (χ1v) is 9.72. The van der Waals surface area contributed by atoms with E-state index in [-0.39, 0.29) is 10.8 Å². The van der Waals surface area contributed by atoms with Crippen LogP contribution in [0.25, 0.3) is 0 Å². The summed E-state index contributed by atoms with van der Waals surface area (Å²) in [6.45, 7) is 3.88. The van der Waals surface area contributed by atoms with Crippen molar-refractivity contribution in [2.24, 2.45) is 5.92 Å². The fraction of sp³-hybridized carbons (Fsp3) is 0.333. The summed E-state index contributed by atoms with van der Waals surface area (Å²) in [5, 5.41) is 11.3. The number of aliphatic hydroxyl groups is 1. The number of nitrogens with one attached hydrogen (secondary N) is 1. The monoisotopic (exact) mass is 367 g/mol. The lowest BCUT2D eigenvalue weighted by Gasteiger charge is -2.29. The molecule has 130 valence electrons. The molecule has 0 aliphatic rings. The molecule has 0 fully saturated rings. The second-order valence-electron chi connectivity index (χ2n) is 5.84. The summed E-state index contributed by atoms with van der Waals surface area (Å²) in [6, 6.07) is 14.3. The van der Waals surface area contributed by atoms with Gasteiger partial charge in [0, 0.05) is 5.02 Å². The highest BCUT2D eigenvalue weighted by atomic mass is 35.5. The van der Waals surface area contributed by atoms with Gasteiger partial charge in [0.2, 0.25) is 10.0 Å². The van der Waals surface area contributed by atoms with Crippen LogP contribution in [0.4, 0.5) is 0 Å². The molecule has 2 aromatic rings. The maximum atomic E-state index is 12.6. The van der Waals surface area contributed by atoms with E-state index in [0.29, 0.717) is 10.6 Å². The Morgan fingerprint density at radius 3 is 2.21 bits per heavy atom. The van der Waals surface area contributed by atoms with Gasteiger partial charge in [-0.1, -0.05) is 62.2 Å². The number of hydrogen-bond acceptors (Lipinski definition) is 3. The topological polar surface area (TPSA) is 66.4 Å². The first-order valence-electron chi connectivity index (χ1n) is 7.86. The normalized spacial score (nSPS) is 15.7. The maximum absolute atomic E-state index is 12.6. The van der Waals surface area contributed by atoms with Crippen LogP contribution in [0, 0.1) is 5.92 Å².